The van der Waals surface area contributed by atoms with E-state index in [0.717, 1.165) is 16.6 Å². The number of benzene rings is 2. The normalized spacial score (nSPS) is 10.7. The summed E-state index contributed by atoms with van der Waals surface area (Å²) in [6, 6.07) is 11.5. The van der Waals surface area contributed by atoms with Gasteiger partial charge in [-0.3, -0.25) is 4.79 Å². The minimum Gasteiger partial charge on any atom is -0.443 e. The Morgan fingerprint density at radius 1 is 1.14 bits per heavy atom. The summed E-state index contributed by atoms with van der Waals surface area (Å²) in [5, 5.41) is 2.82. The Bertz CT molecular complexity index is 765. The molecule has 0 aliphatic carbocycles. The van der Waals surface area contributed by atoms with Gasteiger partial charge in [0, 0.05) is 6.54 Å². The van der Waals surface area contributed by atoms with Gasteiger partial charge >= 0.3 is 0 Å². The molecule has 5 heteroatoms. The topological polar surface area (TPSA) is 55.1 Å². The second kappa shape index (κ2) is 5.75. The zero-order valence-electron chi connectivity index (χ0n) is 11.2. The van der Waals surface area contributed by atoms with Gasteiger partial charge in [0.1, 0.15) is 11.3 Å². The number of carbonyl (C=O) groups is 1. The summed E-state index contributed by atoms with van der Waals surface area (Å²) in [5.74, 6) is -0.418. The van der Waals surface area contributed by atoms with Crippen LogP contribution in [0.25, 0.3) is 11.1 Å². The highest BCUT2D eigenvalue weighted by Gasteiger charge is 2.05. The molecule has 1 N–H and O–H groups in total. The number of nitrogens with one attached hydrogen (secondary N) is 1. The first-order valence-corrected chi connectivity index (χ1v) is 6.54. The number of aromatic nitrogens is 1. The number of nitrogens with zero attached hydrogens (tertiary/aromatic N) is 1. The summed E-state index contributed by atoms with van der Waals surface area (Å²) in [6.45, 7) is 0.413. The molecule has 0 saturated heterocycles. The van der Waals surface area contributed by atoms with E-state index in [9.17, 15) is 9.18 Å². The third-order valence-corrected chi connectivity index (χ3v) is 3.16. The highest BCUT2D eigenvalue weighted by atomic mass is 19.1. The van der Waals surface area contributed by atoms with Crippen molar-refractivity contribution in [3.63, 3.8) is 0 Å². The molecule has 0 spiro atoms. The van der Waals surface area contributed by atoms with E-state index in [-0.39, 0.29) is 18.1 Å². The van der Waals surface area contributed by atoms with Gasteiger partial charge in [-0.05, 0) is 35.4 Å². The van der Waals surface area contributed by atoms with Crippen molar-refractivity contribution >= 4 is 17.0 Å². The SMILES string of the molecule is O=C(Cc1ccc(F)cc1)NCc1ccc2ncoc2c1. The Labute approximate surface area is 120 Å². The average Bonchev–Trinajstić information content (AvgIpc) is 2.95. The molecule has 1 amide bonds. The summed E-state index contributed by atoms with van der Waals surface area (Å²) >= 11 is 0. The number of hydrogen-bond acceptors (Lipinski definition) is 3. The third-order valence-electron chi connectivity index (χ3n) is 3.16. The summed E-state index contributed by atoms with van der Waals surface area (Å²) < 4.78 is 18.0. The maximum absolute atomic E-state index is 12.8. The highest BCUT2D eigenvalue weighted by Crippen LogP contribution is 2.14. The number of halogens is 1. The van der Waals surface area contributed by atoms with Gasteiger partial charge in [0.15, 0.2) is 12.0 Å². The summed E-state index contributed by atoms with van der Waals surface area (Å²) in [6.07, 6.45) is 1.62. The third kappa shape index (κ3) is 3.25. The van der Waals surface area contributed by atoms with Gasteiger partial charge in [0.25, 0.3) is 0 Å². The van der Waals surface area contributed by atoms with Crippen LogP contribution >= 0.6 is 0 Å². The minimum atomic E-state index is -0.306. The van der Waals surface area contributed by atoms with Gasteiger partial charge < -0.3 is 9.73 Å². The molecule has 2 aromatic carbocycles. The fourth-order valence-corrected chi connectivity index (χ4v) is 2.06. The maximum Gasteiger partial charge on any atom is 0.224 e. The summed E-state index contributed by atoms with van der Waals surface area (Å²) in [5.41, 5.74) is 3.20. The minimum absolute atomic E-state index is 0.112. The smallest absolute Gasteiger partial charge is 0.224 e. The first-order valence-electron chi connectivity index (χ1n) is 6.54. The van der Waals surface area contributed by atoms with Crippen LogP contribution in [0.4, 0.5) is 4.39 Å². The Morgan fingerprint density at radius 3 is 2.71 bits per heavy atom. The van der Waals surface area contributed by atoms with E-state index in [1.54, 1.807) is 12.1 Å². The largest absolute Gasteiger partial charge is 0.443 e. The molecule has 1 heterocycles. The van der Waals surface area contributed by atoms with Gasteiger partial charge in [-0.2, -0.15) is 0 Å². The molecule has 0 radical (unpaired) electrons. The number of oxazole rings is 1. The predicted molar refractivity (Wildman–Crippen MR) is 76.0 cm³/mol. The number of carbonyl (C=O) groups excluding carboxylic acids is 1. The van der Waals surface area contributed by atoms with E-state index in [4.69, 9.17) is 4.42 Å². The van der Waals surface area contributed by atoms with Crippen LogP contribution in [0.5, 0.6) is 0 Å². The van der Waals surface area contributed by atoms with Gasteiger partial charge in [-0.1, -0.05) is 18.2 Å². The Balaban J connectivity index is 1.58. The van der Waals surface area contributed by atoms with Crippen LogP contribution in [0, 0.1) is 5.82 Å². The van der Waals surface area contributed by atoms with E-state index in [2.05, 4.69) is 10.3 Å². The number of fused-ring (bicyclic) bond motifs is 1. The van der Waals surface area contributed by atoms with Crippen molar-refractivity contribution in [3.05, 3.63) is 65.8 Å². The summed E-state index contributed by atoms with van der Waals surface area (Å²) in [7, 11) is 0. The lowest BCUT2D eigenvalue weighted by molar-refractivity contribution is -0.120. The zero-order valence-corrected chi connectivity index (χ0v) is 11.2. The van der Waals surface area contributed by atoms with Crippen molar-refractivity contribution in [2.45, 2.75) is 13.0 Å². The molecule has 3 rings (SSSR count). The zero-order chi connectivity index (χ0) is 14.7. The van der Waals surface area contributed by atoms with E-state index in [0.29, 0.717) is 12.1 Å². The van der Waals surface area contributed by atoms with Gasteiger partial charge in [-0.15, -0.1) is 0 Å². The van der Waals surface area contributed by atoms with Gasteiger partial charge in [-0.25, -0.2) is 9.37 Å². The molecule has 4 nitrogen and oxygen atoms in total. The van der Waals surface area contributed by atoms with E-state index in [1.807, 2.05) is 18.2 Å². The molecule has 0 atom stereocenters. The van der Waals surface area contributed by atoms with Crippen LogP contribution in [0.1, 0.15) is 11.1 Å². The fourth-order valence-electron chi connectivity index (χ4n) is 2.06. The lowest BCUT2D eigenvalue weighted by atomic mass is 10.1. The lowest BCUT2D eigenvalue weighted by Crippen LogP contribution is -2.24. The standard InChI is InChI=1S/C16H13FN2O2/c17-13-4-1-11(2-5-13)8-16(20)18-9-12-3-6-14-15(7-12)21-10-19-14/h1-7,10H,8-9H2,(H,18,20). The number of hydrogen-bond donors (Lipinski definition) is 1. The molecule has 106 valence electrons. The number of amides is 1. The van der Waals surface area contributed by atoms with Crippen molar-refractivity contribution < 1.29 is 13.6 Å². The maximum atomic E-state index is 12.8. The van der Waals surface area contributed by atoms with Crippen molar-refractivity contribution in [2.24, 2.45) is 0 Å². The van der Waals surface area contributed by atoms with Crippen molar-refractivity contribution in [3.8, 4) is 0 Å². The Hall–Kier alpha value is -2.69. The summed E-state index contributed by atoms with van der Waals surface area (Å²) in [4.78, 5) is 15.9. The van der Waals surface area contributed by atoms with E-state index >= 15 is 0 Å². The molecule has 0 saturated carbocycles. The fraction of sp³-hybridized carbons (Fsp3) is 0.125. The van der Waals surface area contributed by atoms with Crippen molar-refractivity contribution in [1.82, 2.24) is 10.3 Å². The van der Waals surface area contributed by atoms with Crippen LogP contribution < -0.4 is 5.32 Å². The van der Waals surface area contributed by atoms with Crippen molar-refractivity contribution in [1.29, 1.82) is 0 Å². The molecule has 0 fully saturated rings. The van der Waals surface area contributed by atoms with Crippen LogP contribution in [-0.2, 0) is 17.8 Å². The first-order chi connectivity index (χ1) is 10.2. The second-order valence-corrected chi connectivity index (χ2v) is 4.73. The van der Waals surface area contributed by atoms with E-state index < -0.39 is 0 Å². The molecule has 21 heavy (non-hydrogen) atoms. The van der Waals surface area contributed by atoms with Crippen LogP contribution in [0.3, 0.4) is 0 Å². The molecule has 0 bridgehead atoms. The molecule has 3 aromatic rings. The van der Waals surface area contributed by atoms with Crippen molar-refractivity contribution in [2.75, 3.05) is 0 Å². The quantitative estimate of drug-likeness (QED) is 0.801. The van der Waals surface area contributed by atoms with Crippen LogP contribution in [0.15, 0.2) is 53.3 Å². The second-order valence-electron chi connectivity index (χ2n) is 4.73. The Kier molecular flexibility index (Phi) is 3.64. The lowest BCUT2D eigenvalue weighted by Gasteiger charge is -2.05. The van der Waals surface area contributed by atoms with Gasteiger partial charge in [0.2, 0.25) is 5.91 Å². The molecule has 0 aliphatic rings. The average molecular weight is 284 g/mol. The molecular formula is C16H13FN2O2. The Morgan fingerprint density at radius 2 is 1.90 bits per heavy atom. The molecule has 0 aliphatic heterocycles. The first kappa shape index (κ1) is 13.3. The van der Waals surface area contributed by atoms with Crippen LogP contribution in [0.2, 0.25) is 0 Å². The van der Waals surface area contributed by atoms with Gasteiger partial charge in [0.05, 0.1) is 6.42 Å². The number of rotatable bonds is 4. The molecule has 1 aromatic heterocycles. The molecule has 0 unspecified atom stereocenters. The van der Waals surface area contributed by atoms with E-state index in [1.165, 1.54) is 18.5 Å². The molecular weight excluding hydrogens is 271 g/mol. The van der Waals surface area contributed by atoms with Crippen LogP contribution in [-0.4, -0.2) is 10.9 Å². The monoisotopic (exact) mass is 284 g/mol. The highest BCUT2D eigenvalue weighted by molar-refractivity contribution is 5.79. The predicted octanol–water partition coefficient (Wildman–Crippen LogP) is 2.83.